The predicted molar refractivity (Wildman–Crippen MR) is 76.8 cm³/mol. The third-order valence-electron chi connectivity index (χ3n) is 3.32. The second kappa shape index (κ2) is 6.29. The third kappa shape index (κ3) is 3.70. The monoisotopic (exact) mass is 347 g/mol. The Morgan fingerprint density at radius 3 is 2.17 bits per heavy atom. The molecule has 0 aliphatic rings. The van der Waals surface area contributed by atoms with Crippen LogP contribution >= 0.6 is 0 Å². The summed E-state index contributed by atoms with van der Waals surface area (Å²) in [5, 5.41) is -1.35. The van der Waals surface area contributed by atoms with Gasteiger partial charge in [0.25, 0.3) is 0 Å². The Morgan fingerprint density at radius 2 is 1.65 bits per heavy atom. The molecule has 0 unspecified atom stereocenters. The van der Waals surface area contributed by atoms with Crippen LogP contribution in [-0.4, -0.2) is 15.0 Å². The van der Waals surface area contributed by atoms with Crippen LogP contribution in [0.15, 0.2) is 53.4 Å². The second-order valence-electron chi connectivity index (χ2n) is 4.85. The highest BCUT2D eigenvalue weighted by Crippen LogP contribution is 2.34. The number of halogens is 4. The molecule has 124 valence electrons. The molecule has 0 fully saturated rings. The fourth-order valence-corrected chi connectivity index (χ4v) is 3.75. The van der Waals surface area contributed by atoms with E-state index in [-0.39, 0.29) is 10.5 Å². The van der Waals surface area contributed by atoms with Gasteiger partial charge in [0.1, 0.15) is 11.1 Å². The average molecular weight is 347 g/mol. The van der Waals surface area contributed by atoms with Crippen molar-refractivity contribution in [3.8, 4) is 0 Å². The SMILES string of the molecule is NC[C@@H](c1cccc(C(F)(F)F)c1)S(=O)(=O)c1ccc(F)cc1. The van der Waals surface area contributed by atoms with Crippen molar-refractivity contribution in [2.24, 2.45) is 5.73 Å². The standard InChI is InChI=1S/C15H13F4NO2S/c16-12-4-6-13(7-5-12)23(21,22)14(9-20)10-2-1-3-11(8-10)15(17,18)19/h1-8,14H,9,20H2/t14-/m0/s1. The fourth-order valence-electron chi connectivity index (χ4n) is 2.15. The summed E-state index contributed by atoms with van der Waals surface area (Å²) in [5.41, 5.74) is 4.46. The lowest BCUT2D eigenvalue weighted by molar-refractivity contribution is -0.137. The van der Waals surface area contributed by atoms with Crippen molar-refractivity contribution >= 4 is 9.84 Å². The molecule has 0 heterocycles. The van der Waals surface area contributed by atoms with Crippen LogP contribution in [0.25, 0.3) is 0 Å². The Bertz CT molecular complexity index is 786. The highest BCUT2D eigenvalue weighted by Gasteiger charge is 2.33. The first kappa shape index (κ1) is 17.4. The number of alkyl halides is 3. The molecule has 3 nitrogen and oxygen atoms in total. The first-order valence-corrected chi connectivity index (χ1v) is 8.07. The van der Waals surface area contributed by atoms with Crippen molar-refractivity contribution in [3.63, 3.8) is 0 Å². The molecule has 0 spiro atoms. The number of sulfone groups is 1. The van der Waals surface area contributed by atoms with E-state index in [4.69, 9.17) is 5.73 Å². The lowest BCUT2D eigenvalue weighted by Crippen LogP contribution is -2.22. The second-order valence-corrected chi connectivity index (χ2v) is 6.98. The number of rotatable bonds is 4. The fraction of sp³-hybridized carbons (Fsp3) is 0.200. The predicted octanol–water partition coefficient (Wildman–Crippen LogP) is 3.32. The van der Waals surface area contributed by atoms with Gasteiger partial charge in [-0.05, 0) is 35.9 Å². The Labute approximate surface area is 130 Å². The van der Waals surface area contributed by atoms with Crippen LogP contribution < -0.4 is 5.73 Å². The van der Waals surface area contributed by atoms with Crippen molar-refractivity contribution in [2.75, 3.05) is 6.54 Å². The zero-order chi connectivity index (χ0) is 17.3. The minimum Gasteiger partial charge on any atom is -0.329 e. The molecule has 0 bridgehead atoms. The van der Waals surface area contributed by atoms with E-state index in [1.54, 1.807) is 0 Å². The third-order valence-corrected chi connectivity index (χ3v) is 5.46. The van der Waals surface area contributed by atoms with Crippen LogP contribution in [0.5, 0.6) is 0 Å². The van der Waals surface area contributed by atoms with Gasteiger partial charge in [-0.15, -0.1) is 0 Å². The van der Waals surface area contributed by atoms with E-state index in [9.17, 15) is 26.0 Å². The summed E-state index contributed by atoms with van der Waals surface area (Å²) < 4.78 is 76.4. The van der Waals surface area contributed by atoms with Crippen LogP contribution in [-0.2, 0) is 16.0 Å². The Hall–Kier alpha value is -1.93. The molecular weight excluding hydrogens is 334 g/mol. The molecule has 1 atom stereocenters. The molecule has 2 rings (SSSR count). The van der Waals surface area contributed by atoms with E-state index in [1.165, 1.54) is 6.07 Å². The Balaban J connectivity index is 2.49. The average Bonchev–Trinajstić information content (AvgIpc) is 2.47. The van der Waals surface area contributed by atoms with Crippen LogP contribution in [0, 0.1) is 5.82 Å². The van der Waals surface area contributed by atoms with Gasteiger partial charge >= 0.3 is 6.18 Å². The van der Waals surface area contributed by atoms with Crippen molar-refractivity contribution in [1.29, 1.82) is 0 Å². The molecule has 8 heteroatoms. The molecule has 23 heavy (non-hydrogen) atoms. The topological polar surface area (TPSA) is 60.2 Å². The number of nitrogens with two attached hydrogens (primary N) is 1. The summed E-state index contributed by atoms with van der Waals surface area (Å²) in [6.45, 7) is -0.402. The van der Waals surface area contributed by atoms with E-state index in [0.29, 0.717) is 0 Å². The summed E-state index contributed by atoms with van der Waals surface area (Å²) >= 11 is 0. The zero-order valence-corrected chi connectivity index (χ0v) is 12.5. The normalized spacial score (nSPS) is 13.8. The first-order valence-electron chi connectivity index (χ1n) is 6.53. The van der Waals surface area contributed by atoms with Crippen molar-refractivity contribution in [1.82, 2.24) is 0 Å². The summed E-state index contributed by atoms with van der Waals surface area (Å²) in [4.78, 5) is -0.202. The van der Waals surface area contributed by atoms with Crippen molar-refractivity contribution in [3.05, 3.63) is 65.5 Å². The molecule has 0 saturated heterocycles. The maximum atomic E-state index is 12.9. The summed E-state index contributed by atoms with van der Waals surface area (Å²) in [5.74, 6) is -0.618. The lowest BCUT2D eigenvalue weighted by Gasteiger charge is -2.18. The number of benzene rings is 2. The van der Waals surface area contributed by atoms with E-state index >= 15 is 0 Å². The molecular formula is C15H13F4NO2S. The molecule has 2 aromatic rings. The lowest BCUT2D eigenvalue weighted by atomic mass is 10.1. The first-order chi connectivity index (χ1) is 10.7. The summed E-state index contributed by atoms with van der Waals surface area (Å²) in [7, 11) is -4.04. The van der Waals surface area contributed by atoms with Gasteiger partial charge in [0.2, 0.25) is 0 Å². The molecule has 0 aliphatic carbocycles. The van der Waals surface area contributed by atoms with Crippen molar-refractivity contribution in [2.45, 2.75) is 16.3 Å². The van der Waals surface area contributed by atoms with E-state index in [2.05, 4.69) is 0 Å². The zero-order valence-electron chi connectivity index (χ0n) is 11.7. The number of hydrogen-bond acceptors (Lipinski definition) is 3. The van der Waals surface area contributed by atoms with Gasteiger partial charge in [-0.2, -0.15) is 13.2 Å². The smallest absolute Gasteiger partial charge is 0.329 e. The highest BCUT2D eigenvalue weighted by atomic mass is 32.2. The molecule has 0 amide bonds. The van der Waals surface area contributed by atoms with Crippen LogP contribution in [0.3, 0.4) is 0 Å². The maximum Gasteiger partial charge on any atom is 0.416 e. The Kier molecular flexibility index (Phi) is 4.76. The van der Waals surface area contributed by atoms with Gasteiger partial charge < -0.3 is 5.73 Å². The van der Waals surface area contributed by atoms with E-state index in [1.807, 2.05) is 0 Å². The van der Waals surface area contributed by atoms with E-state index in [0.717, 1.165) is 42.5 Å². The quantitative estimate of drug-likeness (QED) is 0.682. The summed E-state index contributed by atoms with van der Waals surface area (Å²) in [6.07, 6.45) is -4.59. The van der Waals surface area contributed by atoms with Gasteiger partial charge in [-0.1, -0.05) is 18.2 Å². The van der Waals surface area contributed by atoms with Crippen LogP contribution in [0.1, 0.15) is 16.4 Å². The molecule has 2 N–H and O–H groups in total. The maximum absolute atomic E-state index is 12.9. The van der Waals surface area contributed by atoms with Crippen molar-refractivity contribution < 1.29 is 26.0 Å². The van der Waals surface area contributed by atoms with Gasteiger partial charge in [-0.25, -0.2) is 12.8 Å². The van der Waals surface area contributed by atoms with Gasteiger partial charge in [-0.3, -0.25) is 0 Å². The largest absolute Gasteiger partial charge is 0.416 e. The number of hydrogen-bond donors (Lipinski definition) is 1. The van der Waals surface area contributed by atoms with E-state index < -0.39 is 39.2 Å². The van der Waals surface area contributed by atoms with Crippen LogP contribution in [0.4, 0.5) is 17.6 Å². The molecule has 0 saturated carbocycles. The van der Waals surface area contributed by atoms with Gasteiger partial charge in [0.15, 0.2) is 9.84 Å². The van der Waals surface area contributed by atoms with Gasteiger partial charge in [0, 0.05) is 6.54 Å². The highest BCUT2D eigenvalue weighted by molar-refractivity contribution is 7.91. The minimum absolute atomic E-state index is 0.0633. The molecule has 0 aromatic heterocycles. The molecule has 0 radical (unpaired) electrons. The summed E-state index contributed by atoms with van der Waals surface area (Å²) in [6, 6.07) is 8.05. The molecule has 0 aliphatic heterocycles. The van der Waals surface area contributed by atoms with Gasteiger partial charge in [0.05, 0.1) is 10.5 Å². The van der Waals surface area contributed by atoms with Crippen LogP contribution in [0.2, 0.25) is 0 Å². The molecule has 2 aromatic carbocycles. The minimum atomic E-state index is -4.59. The Morgan fingerprint density at radius 1 is 1.04 bits per heavy atom.